The van der Waals surface area contributed by atoms with Crippen LogP contribution in [0.15, 0.2) is 53.7 Å². The van der Waals surface area contributed by atoms with Crippen LogP contribution in [0.2, 0.25) is 0 Å². The molecule has 2 aromatic carbocycles. The van der Waals surface area contributed by atoms with Crippen molar-refractivity contribution in [3.8, 4) is 17.2 Å². The molecule has 1 aliphatic carbocycles. The van der Waals surface area contributed by atoms with Gasteiger partial charge >= 0.3 is 0 Å². The third-order valence-electron chi connectivity index (χ3n) is 5.91. The van der Waals surface area contributed by atoms with E-state index in [0.29, 0.717) is 30.1 Å². The number of carbonyl (C=O) groups is 2. The molecule has 1 N–H and O–H groups in total. The lowest BCUT2D eigenvalue weighted by Gasteiger charge is -2.34. The van der Waals surface area contributed by atoms with Crippen molar-refractivity contribution in [1.29, 1.82) is 0 Å². The minimum Gasteiger partial charge on any atom is -0.497 e. The van der Waals surface area contributed by atoms with E-state index in [-0.39, 0.29) is 29.9 Å². The number of carbonyl (C=O) groups excluding carboxylic acids is 2. The van der Waals surface area contributed by atoms with E-state index >= 15 is 0 Å². The highest BCUT2D eigenvalue weighted by molar-refractivity contribution is 6.02. The number of benzene rings is 2. The molecule has 6 heteroatoms. The number of hydrogen-bond donors (Lipinski definition) is 1. The van der Waals surface area contributed by atoms with Crippen molar-refractivity contribution in [1.82, 2.24) is 5.32 Å². The summed E-state index contributed by atoms with van der Waals surface area (Å²) in [6, 6.07) is 13.3. The molecule has 0 fully saturated rings. The molecule has 6 nitrogen and oxygen atoms in total. The van der Waals surface area contributed by atoms with Crippen molar-refractivity contribution in [2.75, 3.05) is 21.3 Å². The zero-order valence-electron chi connectivity index (χ0n) is 17.4. The van der Waals surface area contributed by atoms with Crippen LogP contribution in [-0.2, 0) is 9.59 Å². The highest BCUT2D eigenvalue weighted by Gasteiger charge is 2.38. The number of ketones is 1. The second-order valence-electron chi connectivity index (χ2n) is 7.62. The van der Waals surface area contributed by atoms with Crippen molar-refractivity contribution in [2.24, 2.45) is 0 Å². The van der Waals surface area contributed by atoms with Crippen molar-refractivity contribution >= 4 is 11.7 Å². The summed E-state index contributed by atoms with van der Waals surface area (Å²) in [5, 5.41) is 2.96. The van der Waals surface area contributed by atoms with Gasteiger partial charge in [-0.1, -0.05) is 18.2 Å². The van der Waals surface area contributed by atoms with Crippen LogP contribution in [0.5, 0.6) is 17.2 Å². The molecule has 1 amide bonds. The van der Waals surface area contributed by atoms with Gasteiger partial charge in [-0.3, -0.25) is 9.59 Å². The van der Waals surface area contributed by atoms with Gasteiger partial charge < -0.3 is 19.5 Å². The number of nitrogens with one attached hydrogen (secondary N) is 1. The van der Waals surface area contributed by atoms with Gasteiger partial charge in [0, 0.05) is 30.0 Å². The molecule has 2 aliphatic rings. The van der Waals surface area contributed by atoms with E-state index in [9.17, 15) is 9.59 Å². The molecular weight excluding hydrogens is 382 g/mol. The Kier molecular flexibility index (Phi) is 5.48. The van der Waals surface area contributed by atoms with Gasteiger partial charge in [0.1, 0.15) is 5.75 Å². The Morgan fingerprint density at radius 2 is 1.63 bits per heavy atom. The smallest absolute Gasteiger partial charge is 0.225 e. The van der Waals surface area contributed by atoms with E-state index in [4.69, 9.17) is 14.2 Å². The molecule has 4 rings (SSSR count). The monoisotopic (exact) mass is 407 g/mol. The minimum atomic E-state index is -0.247. The van der Waals surface area contributed by atoms with Crippen LogP contribution in [0.3, 0.4) is 0 Å². The van der Waals surface area contributed by atoms with Crippen molar-refractivity contribution in [3.63, 3.8) is 0 Å². The normalized spacial score (nSPS) is 21.0. The maximum absolute atomic E-state index is 13.2. The van der Waals surface area contributed by atoms with Crippen molar-refractivity contribution in [2.45, 2.75) is 31.1 Å². The van der Waals surface area contributed by atoms with Gasteiger partial charge in [-0.15, -0.1) is 0 Å². The molecule has 2 atom stereocenters. The fraction of sp³-hybridized carbons (Fsp3) is 0.333. The lowest BCUT2D eigenvalue weighted by molar-refractivity contribution is -0.122. The minimum absolute atomic E-state index is 0.0274. The molecule has 0 spiro atoms. The quantitative estimate of drug-likeness (QED) is 0.818. The van der Waals surface area contributed by atoms with Crippen LogP contribution in [0.25, 0.3) is 0 Å². The molecule has 2 aromatic rings. The average Bonchev–Trinajstić information content (AvgIpc) is 2.77. The first-order valence-corrected chi connectivity index (χ1v) is 9.96. The van der Waals surface area contributed by atoms with Gasteiger partial charge in [0.05, 0.1) is 21.3 Å². The first-order valence-electron chi connectivity index (χ1n) is 9.96. The van der Waals surface area contributed by atoms with Crippen LogP contribution >= 0.6 is 0 Å². The van der Waals surface area contributed by atoms with Crippen LogP contribution in [0, 0.1) is 0 Å². The number of hydrogen-bond acceptors (Lipinski definition) is 5. The second kappa shape index (κ2) is 8.22. The fourth-order valence-electron chi connectivity index (χ4n) is 4.45. The first-order chi connectivity index (χ1) is 14.5. The zero-order chi connectivity index (χ0) is 21.3. The lowest BCUT2D eigenvalue weighted by atomic mass is 9.73. The fourth-order valence-corrected chi connectivity index (χ4v) is 4.45. The number of ether oxygens (including phenoxy) is 3. The van der Waals surface area contributed by atoms with Crippen LogP contribution in [0.1, 0.15) is 42.2 Å². The van der Waals surface area contributed by atoms with Gasteiger partial charge in [0.25, 0.3) is 0 Å². The maximum atomic E-state index is 13.2. The van der Waals surface area contributed by atoms with E-state index < -0.39 is 0 Å². The summed E-state index contributed by atoms with van der Waals surface area (Å²) in [7, 11) is 4.79. The molecular formula is C24H25NO5. The van der Waals surface area contributed by atoms with E-state index in [1.165, 1.54) is 0 Å². The molecule has 0 radical (unpaired) electrons. The van der Waals surface area contributed by atoms with Gasteiger partial charge in [-0.05, 0) is 47.7 Å². The summed E-state index contributed by atoms with van der Waals surface area (Å²) in [6.07, 6.45) is 1.26. The molecule has 0 saturated heterocycles. The Morgan fingerprint density at radius 1 is 0.833 bits per heavy atom. The molecule has 0 bridgehead atoms. The summed E-state index contributed by atoms with van der Waals surface area (Å²) in [5.41, 5.74) is 3.37. The van der Waals surface area contributed by atoms with Crippen LogP contribution < -0.4 is 19.5 Å². The standard InChI is InChI=1S/C24H25NO5/c1-28-17-6-4-5-15(9-17)18-13-23(27)25-19-10-16(11-20(26)24(18)19)14-7-8-21(29-2)22(12-14)30-3/h4-9,12,16,18H,10-11,13H2,1-3H3,(H,25,27)/t16-,18-/m1/s1. The SMILES string of the molecule is COc1cccc([C@H]2CC(=O)NC3=C2C(=O)C[C@H](c2ccc(OC)c(OC)c2)C3)c1. The van der Waals surface area contributed by atoms with E-state index in [2.05, 4.69) is 5.32 Å². The highest BCUT2D eigenvalue weighted by Crippen LogP contribution is 2.44. The Bertz CT molecular complexity index is 1030. The predicted molar refractivity (Wildman–Crippen MR) is 112 cm³/mol. The molecule has 0 saturated carbocycles. The first kappa shape index (κ1) is 20.0. The summed E-state index contributed by atoms with van der Waals surface area (Å²) >= 11 is 0. The largest absolute Gasteiger partial charge is 0.497 e. The van der Waals surface area contributed by atoms with Gasteiger partial charge in [0.2, 0.25) is 5.91 Å². The van der Waals surface area contributed by atoms with Gasteiger partial charge in [-0.25, -0.2) is 0 Å². The average molecular weight is 407 g/mol. The summed E-state index contributed by atoms with van der Waals surface area (Å²) in [5.74, 6) is 1.72. The second-order valence-corrected chi connectivity index (χ2v) is 7.62. The molecule has 30 heavy (non-hydrogen) atoms. The van der Waals surface area contributed by atoms with E-state index in [1.807, 2.05) is 42.5 Å². The molecule has 1 aliphatic heterocycles. The maximum Gasteiger partial charge on any atom is 0.225 e. The van der Waals surface area contributed by atoms with E-state index in [0.717, 1.165) is 22.4 Å². The zero-order valence-corrected chi connectivity index (χ0v) is 17.4. The third-order valence-corrected chi connectivity index (χ3v) is 5.91. The number of Topliss-reactive ketones (excluding diaryl/α,β-unsaturated/α-hetero) is 1. The van der Waals surface area contributed by atoms with Gasteiger partial charge in [0.15, 0.2) is 17.3 Å². The number of methoxy groups -OCH3 is 3. The van der Waals surface area contributed by atoms with Crippen LogP contribution in [0.4, 0.5) is 0 Å². The van der Waals surface area contributed by atoms with E-state index in [1.54, 1.807) is 21.3 Å². The topological polar surface area (TPSA) is 73.9 Å². The summed E-state index contributed by atoms with van der Waals surface area (Å²) < 4.78 is 16.1. The predicted octanol–water partition coefficient (Wildman–Crippen LogP) is 3.72. The Labute approximate surface area is 175 Å². The number of allylic oxidation sites excluding steroid dienone is 2. The third kappa shape index (κ3) is 3.65. The van der Waals surface area contributed by atoms with Gasteiger partial charge in [-0.2, -0.15) is 0 Å². The summed E-state index contributed by atoms with van der Waals surface area (Å²) in [6.45, 7) is 0. The van der Waals surface area contributed by atoms with Crippen LogP contribution in [-0.4, -0.2) is 33.0 Å². The highest BCUT2D eigenvalue weighted by atomic mass is 16.5. The Balaban J connectivity index is 1.69. The number of amides is 1. The summed E-state index contributed by atoms with van der Waals surface area (Å²) in [4.78, 5) is 25.7. The molecule has 1 heterocycles. The molecule has 0 unspecified atom stereocenters. The number of rotatable bonds is 5. The lowest BCUT2D eigenvalue weighted by Crippen LogP contribution is -2.38. The molecule has 0 aromatic heterocycles. The Hall–Kier alpha value is -3.28. The van der Waals surface area contributed by atoms with Crippen molar-refractivity contribution in [3.05, 3.63) is 64.9 Å². The van der Waals surface area contributed by atoms with Crippen molar-refractivity contribution < 1.29 is 23.8 Å². The Morgan fingerprint density at radius 3 is 2.37 bits per heavy atom. The molecule has 156 valence electrons.